The van der Waals surface area contributed by atoms with Gasteiger partial charge in [0.05, 0.1) is 24.8 Å². The van der Waals surface area contributed by atoms with E-state index < -0.39 is 0 Å². The smallest absolute Gasteiger partial charge is 0.228 e. The van der Waals surface area contributed by atoms with Crippen LogP contribution < -0.4 is 20.3 Å². The lowest BCUT2D eigenvalue weighted by atomic mass is 9.78. The molecule has 26 heavy (non-hydrogen) atoms. The highest BCUT2D eigenvalue weighted by molar-refractivity contribution is 5.83. The Hall–Kier alpha value is -1.79. The Balaban J connectivity index is 1.54. The first-order chi connectivity index (χ1) is 12.7. The number of benzene rings is 1. The van der Waals surface area contributed by atoms with Crippen molar-refractivity contribution in [1.82, 2.24) is 10.6 Å². The van der Waals surface area contributed by atoms with Gasteiger partial charge in [-0.3, -0.25) is 4.79 Å². The van der Waals surface area contributed by atoms with Gasteiger partial charge in [-0.15, -0.1) is 0 Å². The van der Waals surface area contributed by atoms with Crippen molar-refractivity contribution in [3.8, 4) is 5.75 Å². The van der Waals surface area contributed by atoms with Crippen LogP contribution in [0.3, 0.4) is 0 Å². The van der Waals surface area contributed by atoms with Gasteiger partial charge in [-0.2, -0.15) is 0 Å². The highest BCUT2D eigenvalue weighted by Crippen LogP contribution is 2.32. The van der Waals surface area contributed by atoms with Crippen molar-refractivity contribution >= 4 is 11.6 Å². The van der Waals surface area contributed by atoms with Crippen molar-refractivity contribution in [2.45, 2.75) is 19.3 Å². The molecule has 2 aliphatic heterocycles. The number of nitrogens with zero attached hydrogens (tertiary/aromatic N) is 1. The van der Waals surface area contributed by atoms with Crippen molar-refractivity contribution in [1.29, 1.82) is 0 Å². The van der Waals surface area contributed by atoms with Gasteiger partial charge in [0.25, 0.3) is 0 Å². The molecule has 2 heterocycles. The molecule has 144 valence electrons. The van der Waals surface area contributed by atoms with E-state index in [1.165, 1.54) is 0 Å². The third-order valence-corrected chi connectivity index (χ3v) is 5.73. The Kier molecular flexibility index (Phi) is 6.38. The molecule has 6 nitrogen and oxygen atoms in total. The SMILES string of the molecule is COCC1(C(=O)NCC2CCN(c3ccccc3OC)C2)CCNCC1. The summed E-state index contributed by atoms with van der Waals surface area (Å²) in [4.78, 5) is 15.2. The van der Waals surface area contributed by atoms with Gasteiger partial charge in [-0.05, 0) is 50.4 Å². The molecule has 2 N–H and O–H groups in total. The van der Waals surface area contributed by atoms with Crippen LogP contribution in [0.25, 0.3) is 0 Å². The van der Waals surface area contributed by atoms with Crippen molar-refractivity contribution in [2.75, 3.05) is 58.5 Å². The van der Waals surface area contributed by atoms with E-state index in [1.807, 2.05) is 18.2 Å². The lowest BCUT2D eigenvalue weighted by Crippen LogP contribution is -2.51. The molecule has 1 aromatic carbocycles. The first kappa shape index (κ1) is 19.0. The van der Waals surface area contributed by atoms with E-state index in [0.29, 0.717) is 12.5 Å². The lowest BCUT2D eigenvalue weighted by molar-refractivity contribution is -0.136. The summed E-state index contributed by atoms with van der Waals surface area (Å²) < 4.78 is 10.8. The summed E-state index contributed by atoms with van der Waals surface area (Å²) in [6.45, 7) is 4.92. The van der Waals surface area contributed by atoms with Gasteiger partial charge in [0.1, 0.15) is 5.75 Å². The van der Waals surface area contributed by atoms with E-state index in [9.17, 15) is 4.79 Å². The molecule has 2 saturated heterocycles. The highest BCUT2D eigenvalue weighted by Gasteiger charge is 2.40. The topological polar surface area (TPSA) is 62.8 Å². The van der Waals surface area contributed by atoms with E-state index in [2.05, 4.69) is 21.6 Å². The quantitative estimate of drug-likeness (QED) is 0.773. The number of rotatable bonds is 7. The second-order valence-electron chi connectivity index (χ2n) is 7.45. The maximum absolute atomic E-state index is 12.9. The summed E-state index contributed by atoms with van der Waals surface area (Å²) in [6, 6.07) is 8.13. The molecule has 0 bridgehead atoms. The molecule has 0 spiro atoms. The number of hydrogen-bond donors (Lipinski definition) is 2. The minimum absolute atomic E-state index is 0.150. The van der Waals surface area contributed by atoms with E-state index in [1.54, 1.807) is 14.2 Å². The summed E-state index contributed by atoms with van der Waals surface area (Å²) in [5, 5.41) is 6.55. The van der Waals surface area contributed by atoms with Gasteiger partial charge >= 0.3 is 0 Å². The lowest BCUT2D eigenvalue weighted by Gasteiger charge is -2.35. The second-order valence-corrected chi connectivity index (χ2v) is 7.45. The largest absolute Gasteiger partial charge is 0.495 e. The number of ether oxygens (including phenoxy) is 2. The molecule has 6 heteroatoms. The number of piperidine rings is 1. The van der Waals surface area contributed by atoms with Crippen LogP contribution in [0.15, 0.2) is 24.3 Å². The zero-order valence-electron chi connectivity index (χ0n) is 15.9. The van der Waals surface area contributed by atoms with Crippen LogP contribution in [0.2, 0.25) is 0 Å². The van der Waals surface area contributed by atoms with Crippen LogP contribution in [-0.4, -0.2) is 59.5 Å². The summed E-state index contributed by atoms with van der Waals surface area (Å²) in [7, 11) is 3.39. The number of carbonyl (C=O) groups is 1. The van der Waals surface area contributed by atoms with Gasteiger partial charge in [-0.25, -0.2) is 0 Å². The maximum atomic E-state index is 12.9. The van der Waals surface area contributed by atoms with Crippen molar-refractivity contribution in [3.63, 3.8) is 0 Å². The molecule has 0 radical (unpaired) electrons. The molecule has 2 aliphatic rings. The molecule has 1 unspecified atom stereocenters. The standard InChI is InChI=1S/C20H31N3O3/c1-25-15-20(8-10-21-11-9-20)19(24)22-13-16-7-12-23(14-16)17-5-3-4-6-18(17)26-2/h3-6,16,21H,7-15H2,1-2H3,(H,22,24). The molecular formula is C20H31N3O3. The molecule has 2 fully saturated rings. The normalized spacial score (nSPS) is 22.2. The number of carbonyl (C=O) groups excluding carboxylic acids is 1. The Morgan fingerprint density at radius 2 is 2.08 bits per heavy atom. The molecule has 3 rings (SSSR count). The third-order valence-electron chi connectivity index (χ3n) is 5.73. The molecular weight excluding hydrogens is 330 g/mol. The van der Waals surface area contributed by atoms with Crippen LogP contribution in [0.5, 0.6) is 5.75 Å². The first-order valence-electron chi connectivity index (χ1n) is 9.54. The summed E-state index contributed by atoms with van der Waals surface area (Å²) in [6.07, 6.45) is 2.76. The fourth-order valence-electron chi connectivity index (χ4n) is 4.15. The molecule has 0 saturated carbocycles. The Labute approximate surface area is 156 Å². The first-order valence-corrected chi connectivity index (χ1v) is 9.54. The fraction of sp³-hybridized carbons (Fsp3) is 0.650. The average Bonchev–Trinajstić information content (AvgIpc) is 3.16. The minimum Gasteiger partial charge on any atom is -0.495 e. The zero-order valence-corrected chi connectivity index (χ0v) is 15.9. The van der Waals surface area contributed by atoms with Gasteiger partial charge in [-0.1, -0.05) is 12.1 Å². The number of anilines is 1. The van der Waals surface area contributed by atoms with Gasteiger partial charge in [0.15, 0.2) is 0 Å². The van der Waals surface area contributed by atoms with Crippen LogP contribution >= 0.6 is 0 Å². The van der Waals surface area contributed by atoms with E-state index in [-0.39, 0.29) is 11.3 Å². The minimum atomic E-state index is -0.374. The van der Waals surface area contributed by atoms with Crippen molar-refractivity contribution in [2.24, 2.45) is 11.3 Å². The summed E-state index contributed by atoms with van der Waals surface area (Å²) in [5.41, 5.74) is 0.763. The molecule has 1 amide bonds. The van der Waals surface area contributed by atoms with Gasteiger partial charge in [0, 0.05) is 26.7 Å². The average molecular weight is 361 g/mol. The predicted molar refractivity (Wildman–Crippen MR) is 103 cm³/mol. The Morgan fingerprint density at radius 3 is 2.81 bits per heavy atom. The fourth-order valence-corrected chi connectivity index (χ4v) is 4.15. The van der Waals surface area contributed by atoms with E-state index in [0.717, 1.165) is 63.4 Å². The van der Waals surface area contributed by atoms with Crippen LogP contribution in [0.1, 0.15) is 19.3 Å². The number of para-hydroxylation sites is 2. The molecule has 1 atom stereocenters. The monoisotopic (exact) mass is 361 g/mol. The van der Waals surface area contributed by atoms with E-state index in [4.69, 9.17) is 9.47 Å². The van der Waals surface area contributed by atoms with Crippen LogP contribution in [0, 0.1) is 11.3 Å². The summed E-state index contributed by atoms with van der Waals surface area (Å²) in [5.74, 6) is 1.52. The highest BCUT2D eigenvalue weighted by atomic mass is 16.5. The molecule has 0 aliphatic carbocycles. The van der Waals surface area contributed by atoms with Crippen molar-refractivity contribution < 1.29 is 14.3 Å². The van der Waals surface area contributed by atoms with Gasteiger partial charge in [0.2, 0.25) is 5.91 Å². The second kappa shape index (κ2) is 8.73. The number of methoxy groups -OCH3 is 2. The molecule has 0 aromatic heterocycles. The van der Waals surface area contributed by atoms with Gasteiger partial charge < -0.3 is 25.0 Å². The van der Waals surface area contributed by atoms with E-state index >= 15 is 0 Å². The zero-order chi connectivity index (χ0) is 18.4. The number of hydrogen-bond acceptors (Lipinski definition) is 5. The Bertz CT molecular complexity index is 596. The number of amides is 1. The van der Waals surface area contributed by atoms with Crippen molar-refractivity contribution in [3.05, 3.63) is 24.3 Å². The van der Waals surface area contributed by atoms with Crippen LogP contribution in [-0.2, 0) is 9.53 Å². The van der Waals surface area contributed by atoms with Crippen LogP contribution in [0.4, 0.5) is 5.69 Å². The molecule has 1 aromatic rings. The third kappa shape index (κ3) is 4.13. The maximum Gasteiger partial charge on any atom is 0.228 e. The summed E-state index contributed by atoms with van der Waals surface area (Å²) >= 11 is 0. The Morgan fingerprint density at radius 1 is 1.31 bits per heavy atom. The predicted octanol–water partition coefficient (Wildman–Crippen LogP) is 1.65. The number of nitrogens with one attached hydrogen (secondary N) is 2.